The van der Waals surface area contributed by atoms with Crippen LogP contribution in [0.3, 0.4) is 0 Å². The third-order valence-electron chi connectivity index (χ3n) is 2.52. The van der Waals surface area contributed by atoms with Gasteiger partial charge in [0.1, 0.15) is 0 Å². The Morgan fingerprint density at radius 3 is 2.93 bits per heavy atom. The highest BCUT2D eigenvalue weighted by Gasteiger charge is 2.23. The van der Waals surface area contributed by atoms with E-state index in [1.807, 2.05) is 0 Å². The number of hydrogen-bond donors (Lipinski definition) is 2. The zero-order valence-electron chi connectivity index (χ0n) is 9.30. The number of nitrogens with one attached hydrogen (secondary N) is 2. The minimum atomic E-state index is 0. The third-order valence-corrected chi connectivity index (χ3v) is 2.52. The molecule has 0 saturated carbocycles. The first-order valence-corrected chi connectivity index (χ1v) is 5.14. The lowest BCUT2D eigenvalue weighted by molar-refractivity contribution is -0.125. The molecule has 0 radical (unpaired) electrons. The van der Waals surface area contributed by atoms with Crippen LogP contribution in [0.2, 0.25) is 0 Å². The Kier molecular flexibility index (Phi) is 7.19. The summed E-state index contributed by atoms with van der Waals surface area (Å²) in [6.07, 6.45) is 1.88. The van der Waals surface area contributed by atoms with E-state index < -0.39 is 0 Å². The number of hydrogen-bond acceptors (Lipinski definition) is 2. The van der Waals surface area contributed by atoms with Crippen molar-refractivity contribution in [1.29, 1.82) is 0 Å². The molecule has 2 atom stereocenters. The largest absolute Gasteiger partial charge is 0.345 e. The van der Waals surface area contributed by atoms with Crippen molar-refractivity contribution in [3.05, 3.63) is 0 Å². The Morgan fingerprint density at radius 2 is 2.33 bits per heavy atom. The second-order valence-corrected chi connectivity index (χ2v) is 3.72. The molecular weight excluding hydrogens is 212 g/mol. The zero-order valence-corrected chi connectivity index (χ0v) is 10.1. The lowest BCUT2D eigenvalue weighted by Gasteiger charge is -2.26. The topological polar surface area (TPSA) is 41.1 Å². The van der Waals surface area contributed by atoms with Gasteiger partial charge in [0.25, 0.3) is 0 Å². The summed E-state index contributed by atoms with van der Waals surface area (Å²) in [6, 6.07) is 0.455. The van der Waals surface area contributed by atoms with Crippen LogP contribution >= 0.6 is 12.4 Å². The van der Waals surface area contributed by atoms with Gasteiger partial charge in [-0.15, -0.1) is 18.3 Å². The minimum Gasteiger partial charge on any atom is -0.345 e. The van der Waals surface area contributed by atoms with E-state index in [1.165, 1.54) is 0 Å². The first-order valence-electron chi connectivity index (χ1n) is 5.14. The maximum atomic E-state index is 11.6. The van der Waals surface area contributed by atoms with E-state index in [-0.39, 0.29) is 24.2 Å². The van der Waals surface area contributed by atoms with Crippen molar-refractivity contribution in [3.63, 3.8) is 0 Å². The molecule has 0 bridgehead atoms. The summed E-state index contributed by atoms with van der Waals surface area (Å²) in [4.78, 5) is 11.6. The molecule has 0 aliphatic carbocycles. The second kappa shape index (κ2) is 7.56. The van der Waals surface area contributed by atoms with E-state index in [2.05, 4.69) is 29.4 Å². The van der Waals surface area contributed by atoms with Gasteiger partial charge in [-0.1, -0.05) is 5.92 Å². The van der Waals surface area contributed by atoms with Gasteiger partial charge in [0.15, 0.2) is 0 Å². The van der Waals surface area contributed by atoms with Gasteiger partial charge < -0.3 is 10.6 Å². The van der Waals surface area contributed by atoms with Crippen molar-refractivity contribution >= 4 is 18.3 Å². The Hall–Kier alpha value is -0.720. The maximum Gasteiger partial charge on any atom is 0.223 e. The van der Waals surface area contributed by atoms with E-state index in [1.54, 1.807) is 6.92 Å². The summed E-state index contributed by atoms with van der Waals surface area (Å²) in [5.41, 5.74) is 0. The average molecular weight is 231 g/mol. The van der Waals surface area contributed by atoms with Gasteiger partial charge >= 0.3 is 0 Å². The first-order chi connectivity index (χ1) is 6.74. The number of carbonyl (C=O) groups is 1. The van der Waals surface area contributed by atoms with Crippen LogP contribution in [0.1, 0.15) is 26.7 Å². The van der Waals surface area contributed by atoms with E-state index in [0.29, 0.717) is 12.6 Å². The third kappa shape index (κ3) is 5.06. The predicted molar refractivity (Wildman–Crippen MR) is 63.9 cm³/mol. The van der Waals surface area contributed by atoms with Gasteiger partial charge in [-0.3, -0.25) is 4.79 Å². The molecule has 0 spiro atoms. The molecule has 1 rings (SSSR count). The molecule has 1 heterocycles. The summed E-state index contributed by atoms with van der Waals surface area (Å²) in [5.74, 6) is 5.91. The predicted octanol–water partition coefficient (Wildman–Crippen LogP) is 0.936. The molecule has 0 unspecified atom stereocenters. The van der Waals surface area contributed by atoms with E-state index in [0.717, 1.165) is 19.4 Å². The highest BCUT2D eigenvalue weighted by atomic mass is 35.5. The Balaban J connectivity index is 0.00000196. The summed E-state index contributed by atoms with van der Waals surface area (Å²) in [7, 11) is 0. The van der Waals surface area contributed by atoms with Gasteiger partial charge in [-0.2, -0.15) is 0 Å². The quantitative estimate of drug-likeness (QED) is 0.694. The molecule has 3 nitrogen and oxygen atoms in total. The van der Waals surface area contributed by atoms with Gasteiger partial charge in [0, 0.05) is 12.0 Å². The van der Waals surface area contributed by atoms with Gasteiger partial charge in [0.05, 0.1) is 6.54 Å². The molecular formula is C11H19ClN2O. The molecule has 0 aromatic rings. The van der Waals surface area contributed by atoms with Crippen LogP contribution in [0.5, 0.6) is 0 Å². The first kappa shape index (κ1) is 14.3. The molecule has 0 aromatic heterocycles. The molecule has 1 aliphatic heterocycles. The highest BCUT2D eigenvalue weighted by Crippen LogP contribution is 2.15. The van der Waals surface area contributed by atoms with Crippen molar-refractivity contribution in [2.24, 2.45) is 5.92 Å². The van der Waals surface area contributed by atoms with Crippen LogP contribution in [0.25, 0.3) is 0 Å². The lowest BCUT2D eigenvalue weighted by Crippen LogP contribution is -2.42. The SMILES string of the molecule is CC#CCNC(=O)[C@H]1CCN[C@@H](C)C1.Cl. The van der Waals surface area contributed by atoms with Gasteiger partial charge in [-0.05, 0) is 33.2 Å². The van der Waals surface area contributed by atoms with Crippen molar-refractivity contribution in [3.8, 4) is 11.8 Å². The minimum absolute atomic E-state index is 0. The number of amides is 1. The molecule has 4 heteroatoms. The summed E-state index contributed by atoms with van der Waals surface area (Å²) in [6.45, 7) is 5.32. The number of carbonyl (C=O) groups excluding carboxylic acids is 1. The van der Waals surface area contributed by atoms with Crippen molar-refractivity contribution in [1.82, 2.24) is 10.6 Å². The van der Waals surface area contributed by atoms with Gasteiger partial charge in [0.2, 0.25) is 5.91 Å². The van der Waals surface area contributed by atoms with Crippen LogP contribution in [0, 0.1) is 17.8 Å². The molecule has 1 saturated heterocycles. The standard InChI is InChI=1S/C11H18N2O.ClH/c1-3-4-6-13-11(14)10-5-7-12-9(2)8-10;/h9-10,12H,5-8H2,1-2H3,(H,13,14);1H/t9-,10-;/m0./s1. The summed E-state index contributed by atoms with van der Waals surface area (Å²) >= 11 is 0. The molecule has 2 N–H and O–H groups in total. The highest BCUT2D eigenvalue weighted by molar-refractivity contribution is 5.85. The normalized spacial score (nSPS) is 24.4. The zero-order chi connectivity index (χ0) is 10.4. The van der Waals surface area contributed by atoms with Crippen LogP contribution in [0.15, 0.2) is 0 Å². The Bertz CT molecular complexity index is 257. The molecule has 1 amide bonds. The fraction of sp³-hybridized carbons (Fsp3) is 0.727. The number of halogens is 1. The number of rotatable bonds is 2. The van der Waals surface area contributed by atoms with Crippen LogP contribution in [-0.2, 0) is 4.79 Å². The van der Waals surface area contributed by atoms with E-state index in [9.17, 15) is 4.79 Å². The van der Waals surface area contributed by atoms with Crippen molar-refractivity contribution in [2.45, 2.75) is 32.7 Å². The smallest absolute Gasteiger partial charge is 0.223 e. The monoisotopic (exact) mass is 230 g/mol. The van der Waals surface area contributed by atoms with Gasteiger partial charge in [-0.25, -0.2) is 0 Å². The molecule has 15 heavy (non-hydrogen) atoms. The average Bonchev–Trinajstić information content (AvgIpc) is 2.18. The maximum absolute atomic E-state index is 11.6. The lowest BCUT2D eigenvalue weighted by atomic mass is 9.92. The second-order valence-electron chi connectivity index (χ2n) is 3.72. The van der Waals surface area contributed by atoms with Crippen LogP contribution in [-0.4, -0.2) is 25.0 Å². The fourth-order valence-electron chi connectivity index (χ4n) is 1.73. The molecule has 1 fully saturated rings. The van der Waals surface area contributed by atoms with Crippen LogP contribution < -0.4 is 10.6 Å². The van der Waals surface area contributed by atoms with Crippen molar-refractivity contribution < 1.29 is 4.79 Å². The molecule has 1 aliphatic rings. The van der Waals surface area contributed by atoms with E-state index >= 15 is 0 Å². The summed E-state index contributed by atoms with van der Waals surface area (Å²) < 4.78 is 0. The van der Waals surface area contributed by atoms with Crippen LogP contribution in [0.4, 0.5) is 0 Å². The van der Waals surface area contributed by atoms with Crippen molar-refractivity contribution in [2.75, 3.05) is 13.1 Å². The molecule has 0 aromatic carbocycles. The fourth-order valence-corrected chi connectivity index (χ4v) is 1.73. The Labute approximate surface area is 97.8 Å². The Morgan fingerprint density at radius 1 is 1.60 bits per heavy atom. The molecule has 86 valence electrons. The van der Waals surface area contributed by atoms with E-state index in [4.69, 9.17) is 0 Å². The number of piperidine rings is 1. The summed E-state index contributed by atoms with van der Waals surface area (Å²) in [5, 5.41) is 6.16.